The number of nitrogens with one attached hydrogen (secondary N) is 3. The van der Waals surface area contributed by atoms with Gasteiger partial charge in [0.15, 0.2) is 17.2 Å². The number of piperidine rings is 1. The maximum Gasteiger partial charge on any atom is 0.297 e. The maximum atomic E-state index is 14.9. The zero-order valence-electron chi connectivity index (χ0n) is 39.3. The summed E-state index contributed by atoms with van der Waals surface area (Å²) in [4.78, 5) is 37.7. The minimum atomic E-state index is -4.74. The molecule has 2 aliphatic carbocycles. The fourth-order valence-corrected chi connectivity index (χ4v) is 12.8. The number of carbonyl (C=O) groups is 1. The van der Waals surface area contributed by atoms with Crippen LogP contribution in [0.1, 0.15) is 124 Å². The molecular weight excluding hydrogens is 902 g/mol. The summed E-state index contributed by atoms with van der Waals surface area (Å²) in [7, 11) is -4.74. The molecule has 2 atom stereocenters. The summed E-state index contributed by atoms with van der Waals surface area (Å²) in [6, 6.07) is 18.1. The van der Waals surface area contributed by atoms with Gasteiger partial charge in [-0.2, -0.15) is 0 Å². The molecule has 69 heavy (non-hydrogen) atoms. The molecule has 4 fully saturated rings. The molecule has 0 bridgehead atoms. The predicted octanol–water partition coefficient (Wildman–Crippen LogP) is 9.99. The van der Waals surface area contributed by atoms with Crippen molar-refractivity contribution in [3.8, 4) is 17.2 Å². The molecule has 2 saturated carbocycles. The number of sulfonamides is 1. The SMILES string of the molecule is C=Cc1nc2[nH]cc(F)c2cc1Oc1cc(N2CCC3(CC2)CC(N2CCC[C@@H]2c2ccccc2C(C)C)C3)ccc1C(=O)NS(=O)(=O)c1cc2c(c([N+](=O)[O-])c1)N[C@@H]([C@H]1CC[C@](C)(O)CC1)CO2. The third-order valence-electron chi connectivity index (χ3n) is 15.7. The number of hydrogen-bond acceptors (Lipinski definition) is 12. The molecule has 17 heteroatoms. The van der Waals surface area contributed by atoms with E-state index in [4.69, 9.17) is 9.47 Å². The Morgan fingerprint density at radius 3 is 2.54 bits per heavy atom. The lowest BCUT2D eigenvalue weighted by Gasteiger charge is -2.56. The number of hydrogen-bond donors (Lipinski definition) is 4. The fraction of sp³-hybridized carbons (Fsp3) is 0.462. The Hall–Kier alpha value is -6.04. The van der Waals surface area contributed by atoms with E-state index in [2.05, 4.69) is 74.5 Å². The van der Waals surface area contributed by atoms with Gasteiger partial charge in [-0.25, -0.2) is 22.5 Å². The minimum absolute atomic E-state index is 0.00892. The van der Waals surface area contributed by atoms with Gasteiger partial charge in [0.1, 0.15) is 29.5 Å². The van der Waals surface area contributed by atoms with Crippen molar-refractivity contribution < 1.29 is 37.1 Å². The number of halogens is 1. The molecule has 10 rings (SSSR count). The molecule has 3 aliphatic heterocycles. The van der Waals surface area contributed by atoms with Gasteiger partial charge in [-0.1, -0.05) is 44.7 Å². The number of nitrogens with zero attached hydrogens (tertiary/aromatic N) is 4. The van der Waals surface area contributed by atoms with E-state index in [0.717, 1.165) is 57.1 Å². The number of carbonyl (C=O) groups excluding carboxylic acids is 1. The Bertz CT molecular complexity index is 2930. The van der Waals surface area contributed by atoms with Crippen LogP contribution in [-0.4, -0.2) is 83.1 Å². The Kier molecular flexibility index (Phi) is 12.2. The summed E-state index contributed by atoms with van der Waals surface area (Å²) in [5.74, 6) is -1.02. The number of amides is 1. The van der Waals surface area contributed by atoms with Gasteiger partial charge >= 0.3 is 0 Å². The Morgan fingerprint density at radius 1 is 1.06 bits per heavy atom. The first-order valence-corrected chi connectivity index (χ1v) is 25.7. The van der Waals surface area contributed by atoms with E-state index in [9.17, 15) is 32.8 Å². The molecule has 1 spiro atoms. The number of H-pyrrole nitrogens is 1. The molecule has 2 aromatic heterocycles. The van der Waals surface area contributed by atoms with Crippen LogP contribution in [0, 0.1) is 27.3 Å². The molecule has 364 valence electrons. The van der Waals surface area contributed by atoms with Crippen molar-refractivity contribution in [3.63, 3.8) is 0 Å². The molecule has 2 saturated heterocycles. The zero-order valence-corrected chi connectivity index (χ0v) is 40.1. The molecule has 0 unspecified atom stereocenters. The first-order valence-electron chi connectivity index (χ1n) is 24.2. The van der Waals surface area contributed by atoms with Crippen LogP contribution in [0.2, 0.25) is 0 Å². The van der Waals surface area contributed by atoms with Crippen LogP contribution in [0.4, 0.5) is 21.5 Å². The largest absolute Gasteiger partial charge is 0.489 e. The summed E-state index contributed by atoms with van der Waals surface area (Å²) in [5.41, 5.74) is 3.05. The number of pyridine rings is 1. The van der Waals surface area contributed by atoms with Crippen LogP contribution in [0.25, 0.3) is 17.1 Å². The molecule has 1 amide bonds. The van der Waals surface area contributed by atoms with Crippen molar-refractivity contribution in [3.05, 3.63) is 112 Å². The molecule has 3 aromatic carbocycles. The number of ether oxygens (including phenoxy) is 2. The van der Waals surface area contributed by atoms with E-state index < -0.39 is 42.9 Å². The van der Waals surface area contributed by atoms with Crippen molar-refractivity contribution in [2.75, 3.05) is 36.5 Å². The highest BCUT2D eigenvalue weighted by Gasteiger charge is 2.50. The van der Waals surface area contributed by atoms with Gasteiger partial charge in [0.25, 0.3) is 21.6 Å². The van der Waals surface area contributed by atoms with Crippen LogP contribution in [0.15, 0.2) is 78.3 Å². The van der Waals surface area contributed by atoms with E-state index in [-0.39, 0.29) is 69.2 Å². The van der Waals surface area contributed by atoms with E-state index in [1.807, 2.05) is 0 Å². The minimum Gasteiger partial charge on any atom is -0.489 e. The predicted molar refractivity (Wildman–Crippen MR) is 262 cm³/mol. The van der Waals surface area contributed by atoms with Gasteiger partial charge < -0.3 is 29.8 Å². The van der Waals surface area contributed by atoms with Gasteiger partial charge in [0, 0.05) is 55.3 Å². The van der Waals surface area contributed by atoms with Crippen LogP contribution in [0.5, 0.6) is 17.2 Å². The van der Waals surface area contributed by atoms with Crippen molar-refractivity contribution in [2.24, 2.45) is 11.3 Å². The second-order valence-electron chi connectivity index (χ2n) is 20.5. The first-order chi connectivity index (χ1) is 33.0. The number of likely N-dealkylation sites (tertiary alicyclic amines) is 1. The van der Waals surface area contributed by atoms with Gasteiger partial charge in [-0.3, -0.25) is 19.8 Å². The molecule has 15 nitrogen and oxygen atoms in total. The van der Waals surface area contributed by atoms with Crippen LogP contribution >= 0.6 is 0 Å². The quantitative estimate of drug-likeness (QED) is 0.0685. The number of rotatable bonds is 12. The first kappa shape index (κ1) is 46.7. The Morgan fingerprint density at radius 2 is 1.81 bits per heavy atom. The highest BCUT2D eigenvalue weighted by Crippen LogP contribution is 2.54. The topological polar surface area (TPSA) is 192 Å². The van der Waals surface area contributed by atoms with Gasteiger partial charge in [0.05, 0.1) is 32.4 Å². The van der Waals surface area contributed by atoms with E-state index in [1.165, 1.54) is 54.4 Å². The highest BCUT2D eigenvalue weighted by atomic mass is 32.2. The highest BCUT2D eigenvalue weighted by molar-refractivity contribution is 7.90. The summed E-state index contributed by atoms with van der Waals surface area (Å²) in [6.07, 6.45) is 11.8. The van der Waals surface area contributed by atoms with E-state index in [0.29, 0.717) is 43.7 Å². The lowest BCUT2D eigenvalue weighted by Crippen LogP contribution is -2.54. The third-order valence-corrected chi connectivity index (χ3v) is 17.0. The van der Waals surface area contributed by atoms with Gasteiger partial charge in [-0.15, -0.1) is 0 Å². The van der Waals surface area contributed by atoms with Crippen LogP contribution in [-0.2, 0) is 10.0 Å². The standard InChI is InChI=1S/C52H60FN7O8S/c1-5-41-46(26-39-40(53)29-54-49(39)56-41)68-45-23-33(58-21-18-52(19-22-58)27-34(28-52)59-20-8-11-43(59)37-10-7-6-9-36(37)31(2)3)12-13-38(45)50(61)57-69(65,66)35-24-44(60(63)64)48-47(25-35)67-30-42(55-48)32-14-16-51(4,62)17-15-32/h5-7,9-10,12-13,23-26,29,31-32,34,42-43,55,62H,1,8,11,14-22,27-28,30H2,2-4H3,(H,54,56)(H,57,61)/t32-,42-,43-,51-/m1/s1. The molecule has 4 N–H and O–H groups in total. The Labute approximate surface area is 401 Å². The number of aromatic nitrogens is 2. The van der Waals surface area contributed by atoms with Gasteiger partial charge in [0.2, 0.25) is 0 Å². The lowest BCUT2D eigenvalue weighted by atomic mass is 9.59. The molecule has 5 heterocycles. The normalized spacial score (nSPS) is 23.8. The molecule has 0 radical (unpaired) electrons. The second kappa shape index (κ2) is 18.0. The summed E-state index contributed by atoms with van der Waals surface area (Å²) < 4.78 is 57.5. The van der Waals surface area contributed by atoms with Crippen LogP contribution in [0.3, 0.4) is 0 Å². The fourth-order valence-electron chi connectivity index (χ4n) is 11.8. The lowest BCUT2D eigenvalue weighted by molar-refractivity contribution is -0.384. The maximum absolute atomic E-state index is 14.9. The third kappa shape index (κ3) is 9.04. The Balaban J connectivity index is 0.884. The zero-order chi connectivity index (χ0) is 48.4. The number of fused-ring (bicyclic) bond motifs is 2. The van der Waals surface area contributed by atoms with E-state index >= 15 is 0 Å². The summed E-state index contributed by atoms with van der Waals surface area (Å²) >= 11 is 0. The van der Waals surface area contributed by atoms with Crippen LogP contribution < -0.4 is 24.4 Å². The monoisotopic (exact) mass is 961 g/mol. The summed E-state index contributed by atoms with van der Waals surface area (Å²) in [5, 5.41) is 26.3. The number of benzene rings is 3. The molecular formula is C52H60FN7O8S. The van der Waals surface area contributed by atoms with Crippen molar-refractivity contribution in [1.29, 1.82) is 0 Å². The van der Waals surface area contributed by atoms with Crippen molar-refractivity contribution in [2.45, 2.75) is 120 Å². The second-order valence-corrected chi connectivity index (χ2v) is 22.2. The number of anilines is 2. The molecule has 5 aliphatic rings. The average molecular weight is 962 g/mol. The van der Waals surface area contributed by atoms with Crippen molar-refractivity contribution in [1.82, 2.24) is 19.6 Å². The average Bonchev–Trinajstić information content (AvgIpc) is 3.96. The summed E-state index contributed by atoms with van der Waals surface area (Å²) in [6.45, 7) is 13.0. The number of nitro groups is 1. The number of nitro benzene ring substituents is 1. The van der Waals surface area contributed by atoms with Gasteiger partial charge in [-0.05, 0) is 130 Å². The molecule has 5 aromatic rings. The van der Waals surface area contributed by atoms with E-state index in [1.54, 1.807) is 19.1 Å². The number of aliphatic hydroxyl groups is 1. The number of aromatic amines is 1. The smallest absolute Gasteiger partial charge is 0.297 e. The van der Waals surface area contributed by atoms with Crippen molar-refractivity contribution >= 4 is 50.1 Å².